The SMILES string of the molecule is Nc1cnc2ccccc2c1NCc1ncon1. The summed E-state index contributed by atoms with van der Waals surface area (Å²) in [5.74, 6) is 0.579. The molecule has 3 rings (SSSR count). The normalized spacial score (nSPS) is 10.7. The number of nitrogens with one attached hydrogen (secondary N) is 1. The Kier molecular flexibility index (Phi) is 2.53. The Labute approximate surface area is 103 Å². The minimum Gasteiger partial charge on any atom is -0.396 e. The molecule has 0 radical (unpaired) electrons. The third-order valence-electron chi connectivity index (χ3n) is 2.64. The molecular weight excluding hydrogens is 230 g/mol. The predicted octanol–water partition coefficient (Wildman–Crippen LogP) is 1.81. The number of nitrogens with zero attached hydrogens (tertiary/aromatic N) is 3. The molecule has 18 heavy (non-hydrogen) atoms. The van der Waals surface area contributed by atoms with Gasteiger partial charge in [0, 0.05) is 5.39 Å². The second kappa shape index (κ2) is 4.33. The van der Waals surface area contributed by atoms with Crippen LogP contribution in [0.1, 0.15) is 5.82 Å². The van der Waals surface area contributed by atoms with Gasteiger partial charge in [0.05, 0.1) is 29.6 Å². The van der Waals surface area contributed by atoms with E-state index in [0.29, 0.717) is 18.1 Å². The molecule has 90 valence electrons. The van der Waals surface area contributed by atoms with E-state index in [9.17, 15) is 0 Å². The highest BCUT2D eigenvalue weighted by Crippen LogP contribution is 2.27. The number of nitrogen functional groups attached to an aromatic ring is 1. The molecule has 0 aliphatic carbocycles. The van der Waals surface area contributed by atoms with Crippen molar-refractivity contribution in [2.24, 2.45) is 0 Å². The Morgan fingerprint density at radius 2 is 2.11 bits per heavy atom. The van der Waals surface area contributed by atoms with E-state index in [1.54, 1.807) is 6.20 Å². The molecule has 0 unspecified atom stereocenters. The number of aromatic nitrogens is 3. The molecule has 0 bridgehead atoms. The van der Waals surface area contributed by atoms with Crippen LogP contribution in [0.15, 0.2) is 41.4 Å². The smallest absolute Gasteiger partial charge is 0.213 e. The van der Waals surface area contributed by atoms with E-state index in [0.717, 1.165) is 16.6 Å². The van der Waals surface area contributed by atoms with Crippen LogP contribution in [0.5, 0.6) is 0 Å². The lowest BCUT2D eigenvalue weighted by molar-refractivity contribution is 0.411. The van der Waals surface area contributed by atoms with Crippen LogP contribution in [0.2, 0.25) is 0 Å². The second-order valence-electron chi connectivity index (χ2n) is 3.81. The summed E-state index contributed by atoms with van der Waals surface area (Å²) in [6.45, 7) is 0.453. The molecule has 6 heteroatoms. The van der Waals surface area contributed by atoms with Crippen molar-refractivity contribution in [1.82, 2.24) is 15.1 Å². The van der Waals surface area contributed by atoms with Gasteiger partial charge in [0.2, 0.25) is 6.39 Å². The van der Waals surface area contributed by atoms with Gasteiger partial charge >= 0.3 is 0 Å². The summed E-state index contributed by atoms with van der Waals surface area (Å²) < 4.78 is 4.68. The van der Waals surface area contributed by atoms with Crippen LogP contribution >= 0.6 is 0 Å². The number of para-hydroxylation sites is 1. The van der Waals surface area contributed by atoms with Crippen molar-refractivity contribution >= 4 is 22.3 Å². The number of fused-ring (bicyclic) bond motifs is 1. The lowest BCUT2D eigenvalue weighted by Gasteiger charge is -2.10. The highest BCUT2D eigenvalue weighted by atomic mass is 16.5. The van der Waals surface area contributed by atoms with Crippen LogP contribution in [-0.2, 0) is 6.54 Å². The van der Waals surface area contributed by atoms with Crippen LogP contribution in [0, 0.1) is 0 Å². The van der Waals surface area contributed by atoms with Crippen molar-refractivity contribution in [3.8, 4) is 0 Å². The van der Waals surface area contributed by atoms with E-state index < -0.39 is 0 Å². The van der Waals surface area contributed by atoms with Gasteiger partial charge in [0.1, 0.15) is 0 Å². The fourth-order valence-electron chi connectivity index (χ4n) is 1.79. The molecule has 0 spiro atoms. The molecule has 3 N–H and O–H groups in total. The Hall–Kier alpha value is -2.63. The van der Waals surface area contributed by atoms with Gasteiger partial charge in [-0.25, -0.2) is 0 Å². The van der Waals surface area contributed by atoms with Crippen LogP contribution in [-0.4, -0.2) is 15.1 Å². The molecule has 0 amide bonds. The summed E-state index contributed by atoms with van der Waals surface area (Å²) in [6, 6.07) is 7.79. The molecular formula is C12H11N5O. The van der Waals surface area contributed by atoms with E-state index in [1.807, 2.05) is 24.3 Å². The number of hydrogen-bond donors (Lipinski definition) is 2. The molecule has 0 saturated carbocycles. The molecule has 0 aliphatic heterocycles. The maximum absolute atomic E-state index is 5.94. The Morgan fingerprint density at radius 1 is 1.22 bits per heavy atom. The van der Waals surface area contributed by atoms with E-state index in [-0.39, 0.29) is 0 Å². The maximum Gasteiger partial charge on any atom is 0.213 e. The van der Waals surface area contributed by atoms with E-state index in [2.05, 4.69) is 25.0 Å². The Bertz CT molecular complexity index is 665. The average Bonchev–Trinajstić information content (AvgIpc) is 2.91. The molecule has 0 saturated heterocycles. The van der Waals surface area contributed by atoms with Gasteiger partial charge in [-0.1, -0.05) is 23.4 Å². The molecule has 0 aliphatic rings. The van der Waals surface area contributed by atoms with Gasteiger partial charge in [-0.05, 0) is 6.07 Å². The van der Waals surface area contributed by atoms with Gasteiger partial charge in [0.25, 0.3) is 0 Å². The Balaban J connectivity index is 1.97. The first-order valence-corrected chi connectivity index (χ1v) is 5.47. The van der Waals surface area contributed by atoms with Crippen molar-refractivity contribution in [3.05, 3.63) is 42.7 Å². The number of rotatable bonds is 3. The number of pyridine rings is 1. The first-order chi connectivity index (χ1) is 8.84. The van der Waals surface area contributed by atoms with Gasteiger partial charge in [0.15, 0.2) is 5.82 Å². The largest absolute Gasteiger partial charge is 0.396 e. The number of benzene rings is 1. The van der Waals surface area contributed by atoms with Crippen molar-refractivity contribution < 1.29 is 4.52 Å². The first-order valence-electron chi connectivity index (χ1n) is 5.47. The molecule has 0 atom stereocenters. The third kappa shape index (κ3) is 1.84. The summed E-state index contributed by atoms with van der Waals surface area (Å²) in [4.78, 5) is 8.22. The quantitative estimate of drug-likeness (QED) is 0.726. The van der Waals surface area contributed by atoms with Gasteiger partial charge in [-0.2, -0.15) is 4.98 Å². The summed E-state index contributed by atoms with van der Waals surface area (Å²) in [5.41, 5.74) is 8.26. The molecule has 3 aromatic rings. The van der Waals surface area contributed by atoms with Crippen molar-refractivity contribution in [2.45, 2.75) is 6.54 Å². The highest BCUT2D eigenvalue weighted by molar-refractivity contribution is 5.96. The highest BCUT2D eigenvalue weighted by Gasteiger charge is 2.07. The molecule has 2 heterocycles. The standard InChI is InChI=1S/C12H11N5O/c13-9-5-14-10-4-2-1-3-8(10)12(9)15-6-11-16-7-18-17-11/h1-5,7H,6,13H2,(H,14,15). The summed E-state index contributed by atoms with van der Waals surface area (Å²) in [6.07, 6.45) is 2.94. The van der Waals surface area contributed by atoms with Crippen LogP contribution in [0.4, 0.5) is 11.4 Å². The lowest BCUT2D eigenvalue weighted by atomic mass is 10.1. The first kappa shape index (κ1) is 10.5. The van der Waals surface area contributed by atoms with Crippen molar-refractivity contribution in [3.63, 3.8) is 0 Å². The van der Waals surface area contributed by atoms with Crippen molar-refractivity contribution in [2.75, 3.05) is 11.1 Å². The third-order valence-corrected chi connectivity index (χ3v) is 2.64. The lowest BCUT2D eigenvalue weighted by Crippen LogP contribution is -2.05. The zero-order chi connectivity index (χ0) is 12.4. The summed E-state index contributed by atoms with van der Waals surface area (Å²) >= 11 is 0. The van der Waals surface area contributed by atoms with E-state index >= 15 is 0 Å². The fraction of sp³-hybridized carbons (Fsp3) is 0.0833. The molecule has 0 fully saturated rings. The second-order valence-corrected chi connectivity index (χ2v) is 3.81. The topological polar surface area (TPSA) is 89.9 Å². The minimum absolute atomic E-state index is 0.453. The van der Waals surface area contributed by atoms with Gasteiger partial charge in [-0.15, -0.1) is 0 Å². The summed E-state index contributed by atoms with van der Waals surface area (Å²) in [5, 5.41) is 7.92. The van der Waals surface area contributed by atoms with E-state index in [4.69, 9.17) is 5.73 Å². The van der Waals surface area contributed by atoms with Gasteiger partial charge < -0.3 is 15.6 Å². The number of hydrogen-bond acceptors (Lipinski definition) is 6. The van der Waals surface area contributed by atoms with Crippen LogP contribution in [0.25, 0.3) is 10.9 Å². The van der Waals surface area contributed by atoms with Crippen LogP contribution < -0.4 is 11.1 Å². The monoisotopic (exact) mass is 241 g/mol. The summed E-state index contributed by atoms with van der Waals surface area (Å²) in [7, 11) is 0. The predicted molar refractivity (Wildman–Crippen MR) is 67.8 cm³/mol. The number of anilines is 2. The van der Waals surface area contributed by atoms with Crippen LogP contribution in [0.3, 0.4) is 0 Å². The zero-order valence-corrected chi connectivity index (χ0v) is 9.50. The minimum atomic E-state index is 0.453. The van der Waals surface area contributed by atoms with Crippen molar-refractivity contribution in [1.29, 1.82) is 0 Å². The zero-order valence-electron chi connectivity index (χ0n) is 9.50. The molecule has 1 aromatic carbocycles. The van der Waals surface area contributed by atoms with Gasteiger partial charge in [-0.3, -0.25) is 4.98 Å². The molecule has 6 nitrogen and oxygen atoms in total. The average molecular weight is 241 g/mol. The molecule has 2 aromatic heterocycles. The van der Waals surface area contributed by atoms with E-state index in [1.165, 1.54) is 6.39 Å². The maximum atomic E-state index is 5.94. The Morgan fingerprint density at radius 3 is 2.94 bits per heavy atom. The fourth-order valence-corrected chi connectivity index (χ4v) is 1.79. The number of nitrogens with two attached hydrogens (primary N) is 1.